The molecule has 0 aromatic heterocycles. The molecule has 0 saturated carbocycles. The molecule has 0 heterocycles. The van der Waals surface area contributed by atoms with Gasteiger partial charge in [-0.2, -0.15) is 0 Å². The van der Waals surface area contributed by atoms with Crippen LogP contribution in [0.15, 0.2) is 18.2 Å². The van der Waals surface area contributed by atoms with Gasteiger partial charge in [0.1, 0.15) is 0 Å². The lowest BCUT2D eigenvalue weighted by molar-refractivity contribution is 0.787. The third kappa shape index (κ3) is 3.07. The molecule has 0 fully saturated rings. The number of benzene rings is 1. The summed E-state index contributed by atoms with van der Waals surface area (Å²) in [6.45, 7) is 11.2. The van der Waals surface area contributed by atoms with E-state index in [0.717, 1.165) is 0 Å². The van der Waals surface area contributed by atoms with Crippen molar-refractivity contribution in [1.29, 1.82) is 0 Å². The van der Waals surface area contributed by atoms with Crippen molar-refractivity contribution >= 4 is 15.9 Å². The first-order valence-electron chi connectivity index (χ1n) is 5.71. The van der Waals surface area contributed by atoms with E-state index < -0.39 is 0 Å². The summed E-state index contributed by atoms with van der Waals surface area (Å²) in [6.07, 6.45) is 0. The van der Waals surface area contributed by atoms with Gasteiger partial charge in [0.15, 0.2) is 0 Å². The summed E-state index contributed by atoms with van der Waals surface area (Å²) >= 11 is 3.63. The molecule has 0 amide bonds. The van der Waals surface area contributed by atoms with Gasteiger partial charge in [-0.15, -0.1) is 0 Å². The fourth-order valence-corrected chi connectivity index (χ4v) is 2.15. The summed E-state index contributed by atoms with van der Waals surface area (Å²) in [5, 5.41) is 0. The van der Waals surface area contributed by atoms with E-state index in [9.17, 15) is 0 Å². The summed E-state index contributed by atoms with van der Waals surface area (Å²) in [4.78, 5) is 0.441. The van der Waals surface area contributed by atoms with Gasteiger partial charge in [0.25, 0.3) is 0 Å². The maximum Gasteiger partial charge on any atom is 0.0367 e. The maximum absolute atomic E-state index is 3.63. The average molecular weight is 269 g/mol. The zero-order valence-electron chi connectivity index (χ0n) is 10.3. The second-order valence-electron chi connectivity index (χ2n) is 4.81. The molecule has 15 heavy (non-hydrogen) atoms. The summed E-state index contributed by atoms with van der Waals surface area (Å²) in [5.41, 5.74) is 4.36. The lowest BCUT2D eigenvalue weighted by Crippen LogP contribution is -2.00. The highest BCUT2D eigenvalue weighted by atomic mass is 79.9. The lowest BCUT2D eigenvalue weighted by atomic mass is 9.89. The van der Waals surface area contributed by atoms with Gasteiger partial charge in [-0.1, -0.05) is 61.8 Å². The van der Waals surface area contributed by atoms with Gasteiger partial charge in [0.2, 0.25) is 0 Å². The predicted molar refractivity (Wildman–Crippen MR) is 72.0 cm³/mol. The molecule has 0 aliphatic rings. The molecule has 0 radical (unpaired) electrons. The second-order valence-corrected chi connectivity index (χ2v) is 6.19. The van der Waals surface area contributed by atoms with E-state index in [0.29, 0.717) is 16.7 Å². The molecule has 1 aromatic rings. The normalized spacial score (nSPS) is 13.6. The molecule has 0 spiro atoms. The molecular weight excluding hydrogens is 248 g/mol. The Morgan fingerprint density at radius 2 is 1.40 bits per heavy atom. The van der Waals surface area contributed by atoms with Crippen molar-refractivity contribution in [3.05, 3.63) is 34.9 Å². The molecule has 1 atom stereocenters. The van der Waals surface area contributed by atoms with E-state index in [-0.39, 0.29) is 0 Å². The standard InChI is InChI=1S/C14H21Br/c1-9(2)13-7-6-12(11(5)15)8-14(13)10(3)4/h6-11H,1-5H3. The van der Waals surface area contributed by atoms with Crippen LogP contribution in [0.5, 0.6) is 0 Å². The van der Waals surface area contributed by atoms with Crippen molar-refractivity contribution < 1.29 is 0 Å². The van der Waals surface area contributed by atoms with E-state index in [1.165, 1.54) is 16.7 Å². The van der Waals surface area contributed by atoms with Crippen molar-refractivity contribution in [2.24, 2.45) is 0 Å². The second kappa shape index (κ2) is 5.16. The number of hydrogen-bond donors (Lipinski definition) is 0. The molecule has 0 bridgehead atoms. The summed E-state index contributed by atoms with van der Waals surface area (Å²) < 4.78 is 0. The van der Waals surface area contributed by atoms with E-state index >= 15 is 0 Å². The Labute approximate surface area is 102 Å². The van der Waals surface area contributed by atoms with E-state index in [1.54, 1.807) is 0 Å². The topological polar surface area (TPSA) is 0 Å². The molecule has 1 heteroatoms. The Hall–Kier alpha value is -0.300. The minimum Gasteiger partial charge on any atom is -0.0842 e. The van der Waals surface area contributed by atoms with Gasteiger partial charge in [0, 0.05) is 4.83 Å². The number of alkyl halides is 1. The predicted octanol–water partition coefficient (Wildman–Crippen LogP) is 5.39. The van der Waals surface area contributed by atoms with Crippen molar-refractivity contribution in [2.45, 2.75) is 51.3 Å². The summed E-state index contributed by atoms with van der Waals surface area (Å²) in [7, 11) is 0. The van der Waals surface area contributed by atoms with Gasteiger partial charge < -0.3 is 0 Å². The zero-order chi connectivity index (χ0) is 11.6. The fourth-order valence-electron chi connectivity index (χ4n) is 1.87. The minimum absolute atomic E-state index is 0.441. The Kier molecular flexibility index (Phi) is 4.39. The smallest absolute Gasteiger partial charge is 0.0367 e. The highest BCUT2D eigenvalue weighted by Gasteiger charge is 2.12. The first kappa shape index (κ1) is 12.8. The van der Waals surface area contributed by atoms with Crippen LogP contribution < -0.4 is 0 Å². The lowest BCUT2D eigenvalue weighted by Gasteiger charge is -2.18. The third-order valence-electron chi connectivity index (χ3n) is 2.81. The Morgan fingerprint density at radius 1 is 0.867 bits per heavy atom. The van der Waals surface area contributed by atoms with E-state index in [1.807, 2.05) is 0 Å². The van der Waals surface area contributed by atoms with Gasteiger partial charge in [0.05, 0.1) is 0 Å². The molecule has 0 aliphatic heterocycles. The molecule has 0 nitrogen and oxygen atoms in total. The molecule has 1 rings (SSSR count). The van der Waals surface area contributed by atoms with Crippen LogP contribution in [-0.4, -0.2) is 0 Å². The highest BCUT2D eigenvalue weighted by Crippen LogP contribution is 2.31. The van der Waals surface area contributed by atoms with Crippen LogP contribution >= 0.6 is 15.9 Å². The Bertz CT molecular complexity index is 324. The Morgan fingerprint density at radius 3 is 1.80 bits per heavy atom. The molecule has 0 aliphatic carbocycles. The number of hydrogen-bond acceptors (Lipinski definition) is 0. The van der Waals surface area contributed by atoms with Crippen LogP contribution in [0.1, 0.15) is 68.0 Å². The quantitative estimate of drug-likeness (QED) is 0.645. The molecule has 1 unspecified atom stereocenters. The first-order chi connectivity index (χ1) is 6.93. The molecule has 0 saturated heterocycles. The van der Waals surface area contributed by atoms with E-state index in [4.69, 9.17) is 0 Å². The van der Waals surface area contributed by atoms with Crippen molar-refractivity contribution in [3.63, 3.8) is 0 Å². The van der Waals surface area contributed by atoms with E-state index in [2.05, 4.69) is 68.7 Å². The van der Waals surface area contributed by atoms with Crippen LogP contribution in [-0.2, 0) is 0 Å². The Balaban J connectivity index is 3.21. The SMILES string of the molecule is CC(C)c1ccc(C(C)Br)cc1C(C)C. The highest BCUT2D eigenvalue weighted by molar-refractivity contribution is 9.09. The largest absolute Gasteiger partial charge is 0.0842 e. The van der Waals surface area contributed by atoms with Gasteiger partial charge >= 0.3 is 0 Å². The van der Waals surface area contributed by atoms with Crippen LogP contribution in [0, 0.1) is 0 Å². The fraction of sp³-hybridized carbons (Fsp3) is 0.571. The minimum atomic E-state index is 0.441. The van der Waals surface area contributed by atoms with Gasteiger partial charge in [-0.05, 0) is 35.4 Å². The maximum atomic E-state index is 3.63. The van der Waals surface area contributed by atoms with Crippen molar-refractivity contribution in [3.8, 4) is 0 Å². The third-order valence-corrected chi connectivity index (χ3v) is 3.34. The molecular formula is C14H21Br. The molecule has 0 N–H and O–H groups in total. The van der Waals surface area contributed by atoms with Crippen LogP contribution in [0.4, 0.5) is 0 Å². The van der Waals surface area contributed by atoms with Crippen LogP contribution in [0.3, 0.4) is 0 Å². The van der Waals surface area contributed by atoms with Crippen molar-refractivity contribution in [1.82, 2.24) is 0 Å². The summed E-state index contributed by atoms with van der Waals surface area (Å²) in [5.74, 6) is 1.22. The first-order valence-corrected chi connectivity index (χ1v) is 6.62. The molecule has 1 aromatic carbocycles. The summed E-state index contributed by atoms with van der Waals surface area (Å²) in [6, 6.07) is 6.87. The van der Waals surface area contributed by atoms with Gasteiger partial charge in [-0.3, -0.25) is 0 Å². The average Bonchev–Trinajstić information content (AvgIpc) is 2.16. The molecule has 84 valence electrons. The van der Waals surface area contributed by atoms with Crippen molar-refractivity contribution in [2.75, 3.05) is 0 Å². The van der Waals surface area contributed by atoms with Crippen LogP contribution in [0.25, 0.3) is 0 Å². The van der Waals surface area contributed by atoms with Gasteiger partial charge in [-0.25, -0.2) is 0 Å². The number of rotatable bonds is 3. The van der Waals surface area contributed by atoms with Crippen LogP contribution in [0.2, 0.25) is 0 Å². The monoisotopic (exact) mass is 268 g/mol. The number of halogens is 1. The zero-order valence-corrected chi connectivity index (χ0v) is 11.9.